The number of thiazole rings is 1. The zero-order chi connectivity index (χ0) is 18.5. The Bertz CT molecular complexity index is 858. The second-order valence-corrected chi connectivity index (χ2v) is 7.43. The number of aromatic nitrogens is 3. The van der Waals surface area contributed by atoms with Crippen LogP contribution in [0.1, 0.15) is 17.5 Å². The van der Waals surface area contributed by atoms with Gasteiger partial charge in [0.05, 0.1) is 25.0 Å². The second-order valence-electron chi connectivity index (χ2n) is 6.25. The third-order valence-electron chi connectivity index (χ3n) is 4.32. The maximum Gasteiger partial charge on any atom is 0.243 e. The van der Waals surface area contributed by atoms with Crippen molar-refractivity contribution in [3.8, 4) is 0 Å². The maximum atomic E-state index is 4.39. The first-order valence-electron chi connectivity index (χ1n) is 8.77. The Hall–Kier alpha value is -2.54. The molecule has 0 N–H and O–H groups in total. The van der Waals surface area contributed by atoms with Crippen LogP contribution in [0.4, 0.5) is 16.5 Å². The van der Waals surface area contributed by atoms with E-state index in [1.54, 1.807) is 11.3 Å². The van der Waals surface area contributed by atoms with Crippen molar-refractivity contribution >= 4 is 27.8 Å². The van der Waals surface area contributed by atoms with Crippen LogP contribution < -0.4 is 9.47 Å². The highest BCUT2D eigenvalue weighted by Crippen LogP contribution is 2.26. The molecule has 0 atom stereocenters. The molecule has 3 rings (SSSR count). The van der Waals surface area contributed by atoms with Crippen molar-refractivity contribution in [2.75, 3.05) is 18.0 Å². The van der Waals surface area contributed by atoms with Crippen LogP contribution in [0.15, 0.2) is 53.2 Å². The van der Waals surface area contributed by atoms with E-state index in [4.69, 9.17) is 0 Å². The molecule has 7 heteroatoms. The lowest BCUT2D eigenvalue weighted by atomic mass is 10.2. The Morgan fingerprint density at radius 2 is 1.96 bits per heavy atom. The SMILES string of the molecule is CCN(CCn1cc[n+](C)c1)c1ccc(N=Nc2nc(C)c(C)s2)cc1. The predicted molar refractivity (Wildman–Crippen MR) is 106 cm³/mol. The Morgan fingerprint density at radius 3 is 2.54 bits per heavy atom. The normalized spacial score (nSPS) is 11.4. The highest BCUT2D eigenvalue weighted by molar-refractivity contribution is 7.15. The molecular weight excluding hydrogens is 344 g/mol. The maximum absolute atomic E-state index is 4.39. The second kappa shape index (κ2) is 8.23. The molecular formula is C19H25N6S+. The number of anilines is 1. The number of azo groups is 1. The topological polar surface area (TPSA) is 49.7 Å². The molecule has 6 nitrogen and oxygen atoms in total. The van der Waals surface area contributed by atoms with Crippen molar-refractivity contribution in [1.82, 2.24) is 9.55 Å². The summed E-state index contributed by atoms with van der Waals surface area (Å²) in [6, 6.07) is 8.21. The van der Waals surface area contributed by atoms with Crippen molar-refractivity contribution in [3.63, 3.8) is 0 Å². The number of hydrogen-bond donors (Lipinski definition) is 0. The molecule has 0 radical (unpaired) electrons. The summed E-state index contributed by atoms with van der Waals surface area (Å²) in [7, 11) is 2.04. The molecule has 0 unspecified atom stereocenters. The first kappa shape index (κ1) is 18.3. The first-order chi connectivity index (χ1) is 12.5. The third-order valence-corrected chi connectivity index (χ3v) is 5.27. The summed E-state index contributed by atoms with van der Waals surface area (Å²) in [6.45, 7) is 9.10. The molecule has 0 fully saturated rings. The minimum absolute atomic E-state index is 0.708. The average molecular weight is 370 g/mol. The number of aryl methyl sites for hydroxylation is 3. The first-order valence-corrected chi connectivity index (χ1v) is 9.58. The number of imidazole rings is 1. The van der Waals surface area contributed by atoms with Crippen LogP contribution in [-0.2, 0) is 13.6 Å². The molecule has 0 spiro atoms. The lowest BCUT2D eigenvalue weighted by Crippen LogP contribution is -2.28. The molecule has 0 saturated carbocycles. The van der Waals surface area contributed by atoms with E-state index in [0.29, 0.717) is 5.13 Å². The van der Waals surface area contributed by atoms with E-state index in [1.807, 2.05) is 33.0 Å². The monoisotopic (exact) mass is 369 g/mol. The van der Waals surface area contributed by atoms with Crippen LogP contribution in [0.2, 0.25) is 0 Å². The molecule has 26 heavy (non-hydrogen) atoms. The molecule has 0 aliphatic carbocycles. The van der Waals surface area contributed by atoms with E-state index in [1.165, 1.54) is 10.6 Å². The van der Waals surface area contributed by atoms with Gasteiger partial charge in [-0.3, -0.25) is 0 Å². The quantitative estimate of drug-likeness (QED) is 0.460. The summed E-state index contributed by atoms with van der Waals surface area (Å²) in [5.74, 6) is 0. The van der Waals surface area contributed by atoms with Crippen molar-refractivity contribution in [2.24, 2.45) is 17.3 Å². The molecule has 136 valence electrons. The van der Waals surface area contributed by atoms with Crippen LogP contribution in [0.5, 0.6) is 0 Å². The van der Waals surface area contributed by atoms with Gasteiger partial charge in [-0.1, -0.05) is 11.3 Å². The largest absolute Gasteiger partial charge is 0.368 e. The molecule has 2 heterocycles. The van der Waals surface area contributed by atoms with Gasteiger partial charge in [-0.15, -0.1) is 10.2 Å². The van der Waals surface area contributed by atoms with Gasteiger partial charge in [-0.05, 0) is 45.0 Å². The Morgan fingerprint density at radius 1 is 1.19 bits per heavy atom. The lowest BCUT2D eigenvalue weighted by molar-refractivity contribution is -0.671. The van der Waals surface area contributed by atoms with E-state index >= 15 is 0 Å². The van der Waals surface area contributed by atoms with E-state index in [2.05, 4.69) is 67.0 Å². The van der Waals surface area contributed by atoms with Gasteiger partial charge in [0.25, 0.3) is 0 Å². The summed E-state index contributed by atoms with van der Waals surface area (Å²) >= 11 is 1.57. The minimum atomic E-state index is 0.708. The molecule has 0 aliphatic rings. The fourth-order valence-electron chi connectivity index (χ4n) is 2.67. The summed E-state index contributed by atoms with van der Waals surface area (Å²) in [5.41, 5.74) is 3.06. The average Bonchev–Trinajstić information content (AvgIpc) is 3.20. The summed E-state index contributed by atoms with van der Waals surface area (Å²) in [6.07, 6.45) is 6.25. The standard InChI is InChI=1S/C19H25N6S/c1-5-25(13-12-24-11-10-23(4)14-24)18-8-6-17(7-9-18)21-22-19-20-15(2)16(3)26-19/h6-11,14H,5,12-13H2,1-4H3/q+1. The molecule has 2 aromatic heterocycles. The lowest BCUT2D eigenvalue weighted by Gasteiger charge is -2.22. The number of benzene rings is 1. The van der Waals surface area contributed by atoms with Crippen molar-refractivity contribution in [2.45, 2.75) is 27.3 Å². The summed E-state index contributed by atoms with van der Waals surface area (Å²) < 4.78 is 4.25. The van der Waals surface area contributed by atoms with Crippen molar-refractivity contribution in [1.29, 1.82) is 0 Å². The number of rotatable bonds is 7. The van der Waals surface area contributed by atoms with Crippen LogP contribution >= 0.6 is 11.3 Å². The van der Waals surface area contributed by atoms with Gasteiger partial charge in [0.15, 0.2) is 0 Å². The Labute approximate surface area is 158 Å². The van der Waals surface area contributed by atoms with Crippen LogP contribution in [-0.4, -0.2) is 22.6 Å². The van der Waals surface area contributed by atoms with E-state index in [-0.39, 0.29) is 0 Å². The molecule has 0 bridgehead atoms. The van der Waals surface area contributed by atoms with E-state index in [0.717, 1.165) is 31.0 Å². The highest BCUT2D eigenvalue weighted by atomic mass is 32.1. The zero-order valence-electron chi connectivity index (χ0n) is 15.8. The molecule has 1 aromatic carbocycles. The van der Waals surface area contributed by atoms with Gasteiger partial charge in [0, 0.05) is 17.1 Å². The number of hydrogen-bond acceptors (Lipinski definition) is 5. The van der Waals surface area contributed by atoms with Crippen LogP contribution in [0.3, 0.4) is 0 Å². The fraction of sp³-hybridized carbons (Fsp3) is 0.368. The number of nitrogens with zero attached hydrogens (tertiary/aromatic N) is 6. The minimum Gasteiger partial charge on any atom is -0.368 e. The highest BCUT2D eigenvalue weighted by Gasteiger charge is 2.07. The van der Waals surface area contributed by atoms with E-state index in [9.17, 15) is 0 Å². The van der Waals surface area contributed by atoms with E-state index < -0.39 is 0 Å². The van der Waals surface area contributed by atoms with Gasteiger partial charge >= 0.3 is 0 Å². The van der Waals surface area contributed by atoms with Gasteiger partial charge < -0.3 is 4.90 Å². The Kier molecular flexibility index (Phi) is 5.78. The molecule has 3 aromatic rings. The van der Waals surface area contributed by atoms with Gasteiger partial charge in [-0.25, -0.2) is 14.1 Å². The molecule has 0 saturated heterocycles. The van der Waals surface area contributed by atoms with Gasteiger partial charge in [0.1, 0.15) is 18.9 Å². The van der Waals surface area contributed by atoms with Crippen molar-refractivity contribution < 1.29 is 4.57 Å². The van der Waals surface area contributed by atoms with Crippen LogP contribution in [0.25, 0.3) is 0 Å². The summed E-state index contributed by atoms with van der Waals surface area (Å²) in [4.78, 5) is 7.93. The van der Waals surface area contributed by atoms with Crippen molar-refractivity contribution in [3.05, 3.63) is 53.6 Å². The van der Waals surface area contributed by atoms with Gasteiger partial charge in [0.2, 0.25) is 11.5 Å². The zero-order valence-corrected chi connectivity index (χ0v) is 16.6. The van der Waals surface area contributed by atoms with Crippen LogP contribution in [0, 0.1) is 13.8 Å². The predicted octanol–water partition coefficient (Wildman–Crippen LogP) is 4.33. The smallest absolute Gasteiger partial charge is 0.243 e. The summed E-state index contributed by atoms with van der Waals surface area (Å²) in [5, 5.41) is 9.25. The third kappa shape index (κ3) is 4.54. The molecule has 0 aliphatic heterocycles. The molecule has 0 amide bonds. The number of likely N-dealkylation sites (N-methyl/N-ethyl adjacent to an activating group) is 1. The Balaban J connectivity index is 1.63. The van der Waals surface area contributed by atoms with Gasteiger partial charge in [-0.2, -0.15) is 0 Å². The fourth-order valence-corrected chi connectivity index (χ4v) is 3.40.